The monoisotopic (exact) mass is 232 g/mol. The predicted molar refractivity (Wildman–Crippen MR) is 49.5 cm³/mol. The minimum atomic E-state index is -1.06. The van der Waals surface area contributed by atoms with E-state index in [-0.39, 0.29) is 82.7 Å². The molecule has 0 aliphatic carbocycles. The summed E-state index contributed by atoms with van der Waals surface area (Å²) in [4.78, 5) is 20.7. The normalized spacial score (nSPS) is 8.00. The number of carbonyl (C=O) groups is 2. The summed E-state index contributed by atoms with van der Waals surface area (Å²) in [6, 6.07) is 5.02. The van der Waals surface area contributed by atoms with Crippen LogP contribution in [0.3, 0.4) is 0 Å². The maximum Gasteiger partial charge on any atom is 2.00 e. The van der Waals surface area contributed by atoms with Gasteiger partial charge in [0.05, 0.1) is 11.1 Å². The van der Waals surface area contributed by atoms with E-state index in [0.29, 0.717) is 0 Å². The summed E-state index contributed by atoms with van der Waals surface area (Å²) in [5.74, 6) is -2.13. The van der Waals surface area contributed by atoms with E-state index in [4.69, 9.17) is 10.2 Å². The Labute approximate surface area is 137 Å². The fourth-order valence-corrected chi connectivity index (χ4v) is 0.755. The third-order valence-electron chi connectivity index (χ3n) is 1.38. The zero-order valence-electron chi connectivity index (χ0n) is 10.7. The van der Waals surface area contributed by atoms with Crippen molar-refractivity contribution in [3.05, 3.63) is 35.4 Å². The molecule has 0 atom stereocenters. The second-order valence-electron chi connectivity index (χ2n) is 2.19. The third kappa shape index (κ3) is 4.77. The average Bonchev–Trinajstić information content (AvgIpc) is 2.04. The van der Waals surface area contributed by atoms with E-state index in [2.05, 4.69) is 0 Å². The van der Waals surface area contributed by atoms with E-state index >= 15 is 0 Å². The molecule has 0 fully saturated rings. The van der Waals surface area contributed by atoms with E-state index in [0.717, 1.165) is 0 Å². The van der Waals surface area contributed by atoms with Crippen LogP contribution in [0.4, 0.5) is 0 Å². The van der Waals surface area contributed by atoms with Crippen LogP contribution in [0.15, 0.2) is 24.3 Å². The first-order chi connectivity index (χ1) is 5.61. The van der Waals surface area contributed by atoms with Gasteiger partial charge >= 0.3 is 79.2 Å². The Balaban J connectivity index is -0.0000000960. The van der Waals surface area contributed by atoms with Crippen LogP contribution in [0.25, 0.3) is 0 Å². The summed E-state index contributed by atoms with van der Waals surface area (Å²) in [5, 5.41) is 16.9. The Morgan fingerprint density at radius 1 is 0.929 bits per heavy atom. The molecule has 0 saturated carbocycles. The Hall–Kier alpha value is 0.420. The van der Waals surface area contributed by atoms with Gasteiger partial charge in [0.1, 0.15) is 0 Å². The molecule has 0 bridgehead atoms. The summed E-state index contributed by atoms with van der Waals surface area (Å²) in [5.41, 5.74) is 0.167. The number of hydrogen-bond donors (Lipinski definition) is 2. The summed E-state index contributed by atoms with van der Waals surface area (Å²) in [6.07, 6.45) is 0. The molecule has 14 heavy (non-hydrogen) atoms. The van der Waals surface area contributed by atoms with Crippen molar-refractivity contribution in [3.8, 4) is 0 Å². The van der Waals surface area contributed by atoms with Crippen molar-refractivity contribution in [1.29, 1.82) is 0 Å². The molecule has 0 aromatic heterocycles. The molecule has 1 rings (SSSR count). The molecule has 2 N–H and O–H groups in total. The Morgan fingerprint density at radius 2 is 1.14 bits per heavy atom. The van der Waals surface area contributed by atoms with E-state index in [1.54, 1.807) is 0 Å². The number of hydrogen-bond acceptors (Lipinski definition) is 2. The average molecular weight is 232 g/mol. The zero-order valence-corrected chi connectivity index (χ0v) is 11.9. The molecule has 1 aromatic rings. The van der Waals surface area contributed by atoms with Gasteiger partial charge in [-0.2, -0.15) is 0 Å². The molecule has 1 aromatic carbocycles. The number of carboxylic acids is 2. The molecule has 0 heterocycles. The first-order valence-corrected chi connectivity index (χ1v) is 3.18. The van der Waals surface area contributed by atoms with Crippen molar-refractivity contribution < 1.29 is 53.6 Å². The van der Waals surface area contributed by atoms with Gasteiger partial charge in [-0.05, 0) is 24.3 Å². The van der Waals surface area contributed by atoms with Crippen LogP contribution in [-0.2, 0) is 0 Å². The van der Waals surface area contributed by atoms with Gasteiger partial charge in [0.15, 0.2) is 0 Å². The minimum absolute atomic E-state index is 0. The van der Waals surface area contributed by atoms with Gasteiger partial charge in [-0.15, -0.1) is 0 Å². The smallest absolute Gasteiger partial charge is 1.00 e. The molecule has 68 valence electrons. The summed E-state index contributed by atoms with van der Waals surface area (Å²) < 4.78 is 0. The van der Waals surface area contributed by atoms with Crippen molar-refractivity contribution in [2.45, 2.75) is 0 Å². The summed E-state index contributed by atoms with van der Waals surface area (Å²) in [6.45, 7) is 0. The Kier molecular flexibility index (Phi) is 9.23. The van der Waals surface area contributed by atoms with Crippen molar-refractivity contribution in [2.24, 2.45) is 0 Å². The largest absolute Gasteiger partial charge is 2.00 e. The molecule has 4 nitrogen and oxygen atoms in total. The third-order valence-corrected chi connectivity index (χ3v) is 1.38. The fourth-order valence-electron chi connectivity index (χ4n) is 0.755. The zero-order chi connectivity index (χ0) is 9.14. The quantitative estimate of drug-likeness (QED) is 0.581. The maximum atomic E-state index is 10.3. The second-order valence-corrected chi connectivity index (χ2v) is 2.19. The Morgan fingerprint density at radius 3 is 1.29 bits per heavy atom. The van der Waals surface area contributed by atoms with Gasteiger partial charge in [-0.1, -0.05) is 0 Å². The molecular weight excluding hydrogens is 223 g/mol. The summed E-state index contributed by atoms with van der Waals surface area (Å²) in [7, 11) is 0. The van der Waals surface area contributed by atoms with Gasteiger partial charge in [0.25, 0.3) is 0 Å². The van der Waals surface area contributed by atoms with Crippen LogP contribution in [0.5, 0.6) is 0 Å². The first kappa shape index (κ1) is 16.8. The standard InChI is InChI=1S/C8H6O4.Ca.Na.3H/c9-7(10)5-1-2-6(4-3-5)8(11)12;;;;;/h1-4H,(H,9,10)(H,11,12);;;;;/q;+2;+1;3*-1. The van der Waals surface area contributed by atoms with E-state index in [1.165, 1.54) is 24.3 Å². The van der Waals surface area contributed by atoms with E-state index in [1.807, 2.05) is 0 Å². The Bertz CT molecular complexity index is 301. The van der Waals surface area contributed by atoms with E-state index < -0.39 is 11.9 Å². The van der Waals surface area contributed by atoms with Crippen LogP contribution >= 0.6 is 0 Å². The van der Waals surface area contributed by atoms with Gasteiger partial charge in [0, 0.05) is 0 Å². The second kappa shape index (κ2) is 7.68. The molecule has 0 saturated heterocycles. The van der Waals surface area contributed by atoms with E-state index in [9.17, 15) is 9.59 Å². The van der Waals surface area contributed by atoms with Gasteiger partial charge in [-0.25, -0.2) is 9.59 Å². The molecule has 0 aliphatic rings. The topological polar surface area (TPSA) is 74.6 Å². The molecule has 0 spiro atoms. The van der Waals surface area contributed by atoms with Crippen LogP contribution < -0.4 is 29.6 Å². The molecule has 6 heteroatoms. The minimum Gasteiger partial charge on any atom is -1.00 e. The van der Waals surface area contributed by atoms with Crippen molar-refractivity contribution in [2.75, 3.05) is 0 Å². The van der Waals surface area contributed by atoms with Crippen LogP contribution in [-0.4, -0.2) is 59.9 Å². The number of aromatic carboxylic acids is 2. The SMILES string of the molecule is O=C(O)c1ccc(C(=O)O)cc1.[Ca+2].[H-].[H-].[H-].[Na+]. The molecule has 0 amide bonds. The first-order valence-electron chi connectivity index (χ1n) is 3.18. The van der Waals surface area contributed by atoms with Gasteiger partial charge < -0.3 is 14.5 Å². The van der Waals surface area contributed by atoms with Crippen molar-refractivity contribution in [3.63, 3.8) is 0 Å². The fraction of sp³-hybridized carbons (Fsp3) is 0. The van der Waals surface area contributed by atoms with Crippen LogP contribution in [0.2, 0.25) is 0 Å². The number of benzene rings is 1. The predicted octanol–water partition coefficient (Wildman–Crippen LogP) is -1.96. The van der Waals surface area contributed by atoms with Gasteiger partial charge in [0.2, 0.25) is 0 Å². The number of carboxylic acid groups (broad SMARTS) is 2. The van der Waals surface area contributed by atoms with Crippen LogP contribution in [0, 0.1) is 0 Å². The molecule has 0 radical (unpaired) electrons. The summed E-state index contributed by atoms with van der Waals surface area (Å²) >= 11 is 0. The molecule has 0 unspecified atom stereocenters. The molecular formula is C8H9CaNaO4. The molecule has 0 aliphatic heterocycles. The number of rotatable bonds is 2. The van der Waals surface area contributed by atoms with Crippen molar-refractivity contribution >= 4 is 49.7 Å². The van der Waals surface area contributed by atoms with Crippen molar-refractivity contribution in [1.82, 2.24) is 0 Å². The van der Waals surface area contributed by atoms with Gasteiger partial charge in [-0.3, -0.25) is 0 Å². The maximum absolute atomic E-state index is 10.3. The van der Waals surface area contributed by atoms with Crippen LogP contribution in [0.1, 0.15) is 25.0 Å².